The molecule has 2 nitrogen and oxygen atoms in total. The zero-order valence-electron chi connectivity index (χ0n) is 10.4. The van der Waals surface area contributed by atoms with Crippen molar-refractivity contribution in [3.63, 3.8) is 0 Å². The van der Waals surface area contributed by atoms with Crippen molar-refractivity contribution in [2.75, 3.05) is 6.54 Å². The molecule has 0 amide bonds. The molecular weight excluding hydrogens is 302 g/mol. The fraction of sp³-hybridized carbons (Fsp3) is 1.00. The van der Waals surface area contributed by atoms with Crippen LogP contribution >= 0.6 is 0 Å². The van der Waals surface area contributed by atoms with Crippen LogP contribution < -0.4 is 0 Å². The molecule has 20 heavy (non-hydrogen) atoms. The summed E-state index contributed by atoms with van der Waals surface area (Å²) >= 11 is 0. The number of halogens is 8. The molecule has 1 rings (SSSR count). The first-order valence-corrected chi connectivity index (χ1v) is 5.89. The fourth-order valence-corrected chi connectivity index (χ4v) is 1.75. The number of morpholine rings is 1. The van der Waals surface area contributed by atoms with Gasteiger partial charge < -0.3 is 0 Å². The SMILES string of the molecule is CCCCCCN1C(F)(F)C(F)(F)OC(F)(F)C1(F)F. The highest BCUT2D eigenvalue weighted by Crippen LogP contribution is 2.55. The first-order chi connectivity index (χ1) is 8.90. The molecule has 0 spiro atoms. The van der Waals surface area contributed by atoms with E-state index in [1.807, 2.05) is 0 Å². The Kier molecular flexibility index (Phi) is 4.60. The number of alkyl halides is 8. The number of rotatable bonds is 5. The van der Waals surface area contributed by atoms with Gasteiger partial charge in [0.2, 0.25) is 0 Å². The lowest BCUT2D eigenvalue weighted by molar-refractivity contribution is -0.562. The largest absolute Gasteiger partial charge is 0.439 e. The van der Waals surface area contributed by atoms with Crippen LogP contribution in [0.3, 0.4) is 0 Å². The van der Waals surface area contributed by atoms with Crippen molar-refractivity contribution >= 4 is 0 Å². The second-order valence-corrected chi connectivity index (χ2v) is 4.43. The quantitative estimate of drug-likeness (QED) is 0.427. The molecule has 1 aliphatic heterocycles. The average molecular weight is 315 g/mol. The van der Waals surface area contributed by atoms with Gasteiger partial charge in [0, 0.05) is 6.54 Å². The molecule has 0 aromatic heterocycles. The Balaban J connectivity index is 2.99. The topological polar surface area (TPSA) is 12.5 Å². The van der Waals surface area contributed by atoms with Gasteiger partial charge in [-0.2, -0.15) is 40.0 Å². The normalized spacial score (nSPS) is 27.4. The lowest BCUT2D eigenvalue weighted by Gasteiger charge is -2.47. The molecule has 0 N–H and O–H groups in total. The second-order valence-electron chi connectivity index (χ2n) is 4.43. The van der Waals surface area contributed by atoms with Crippen molar-refractivity contribution in [2.24, 2.45) is 0 Å². The Morgan fingerprint density at radius 1 is 0.750 bits per heavy atom. The minimum Gasteiger partial charge on any atom is -0.243 e. The minimum atomic E-state index is -5.71. The van der Waals surface area contributed by atoms with Crippen molar-refractivity contribution in [2.45, 2.75) is 56.9 Å². The van der Waals surface area contributed by atoms with E-state index in [1.54, 1.807) is 6.92 Å². The van der Waals surface area contributed by atoms with E-state index in [9.17, 15) is 35.1 Å². The summed E-state index contributed by atoms with van der Waals surface area (Å²) in [7, 11) is 0. The molecule has 0 bridgehead atoms. The van der Waals surface area contributed by atoms with E-state index in [-0.39, 0.29) is 12.8 Å². The predicted molar refractivity (Wildman–Crippen MR) is 51.7 cm³/mol. The van der Waals surface area contributed by atoms with E-state index in [1.165, 1.54) is 0 Å². The highest BCUT2D eigenvalue weighted by Gasteiger charge is 2.82. The molecule has 1 fully saturated rings. The number of nitrogens with zero attached hydrogens (tertiary/aromatic N) is 1. The Hall–Kier alpha value is -0.640. The van der Waals surface area contributed by atoms with Gasteiger partial charge in [0.15, 0.2) is 0 Å². The molecule has 0 aromatic carbocycles. The summed E-state index contributed by atoms with van der Waals surface area (Å²) in [4.78, 5) is -1.47. The van der Waals surface area contributed by atoms with E-state index >= 15 is 0 Å². The lowest BCUT2D eigenvalue weighted by atomic mass is 10.1. The van der Waals surface area contributed by atoms with Crippen molar-refractivity contribution in [3.05, 3.63) is 0 Å². The van der Waals surface area contributed by atoms with E-state index in [2.05, 4.69) is 4.74 Å². The molecule has 0 atom stereocenters. The van der Waals surface area contributed by atoms with Gasteiger partial charge in [-0.05, 0) is 6.42 Å². The van der Waals surface area contributed by atoms with Crippen LogP contribution in [0.25, 0.3) is 0 Å². The molecule has 1 aliphatic rings. The number of hydrogen-bond acceptors (Lipinski definition) is 2. The van der Waals surface area contributed by atoms with E-state index < -0.39 is 35.8 Å². The summed E-state index contributed by atoms with van der Waals surface area (Å²) in [6.45, 7) is 0.439. The summed E-state index contributed by atoms with van der Waals surface area (Å²) in [5.74, 6) is 0. The third-order valence-electron chi connectivity index (χ3n) is 2.87. The van der Waals surface area contributed by atoms with E-state index in [4.69, 9.17) is 0 Å². The Morgan fingerprint density at radius 2 is 1.20 bits per heavy atom. The van der Waals surface area contributed by atoms with Gasteiger partial charge in [0.05, 0.1) is 0 Å². The molecule has 1 heterocycles. The fourth-order valence-electron chi connectivity index (χ4n) is 1.75. The predicted octanol–water partition coefficient (Wildman–Crippen LogP) is 4.27. The smallest absolute Gasteiger partial charge is 0.243 e. The number of hydrogen-bond donors (Lipinski definition) is 0. The average Bonchev–Trinajstić information content (AvgIpc) is 2.24. The summed E-state index contributed by atoms with van der Waals surface area (Å²) in [5, 5.41) is 0. The van der Waals surface area contributed by atoms with Crippen molar-refractivity contribution in [1.82, 2.24) is 4.90 Å². The third-order valence-corrected chi connectivity index (χ3v) is 2.87. The van der Waals surface area contributed by atoms with Crippen LogP contribution in [0.15, 0.2) is 0 Å². The monoisotopic (exact) mass is 315 g/mol. The van der Waals surface area contributed by atoms with Gasteiger partial charge in [-0.25, -0.2) is 4.74 Å². The third kappa shape index (κ3) is 2.72. The van der Waals surface area contributed by atoms with Crippen molar-refractivity contribution in [3.8, 4) is 0 Å². The maximum absolute atomic E-state index is 13.2. The Morgan fingerprint density at radius 3 is 1.60 bits per heavy atom. The van der Waals surface area contributed by atoms with Crippen molar-refractivity contribution < 1.29 is 39.9 Å². The number of ether oxygens (including phenoxy) is 1. The highest BCUT2D eigenvalue weighted by molar-refractivity contribution is 4.94. The summed E-state index contributed by atoms with van der Waals surface area (Å²) < 4.78 is 107. The standard InChI is InChI=1S/C10H13F8NO/c1-2-3-4-5-6-19-7(11,12)9(15,16)20-10(17,18)8(19,13)14/h2-6H2,1H3. The van der Waals surface area contributed by atoms with Gasteiger partial charge >= 0.3 is 24.3 Å². The molecule has 0 radical (unpaired) electrons. The van der Waals surface area contributed by atoms with Crippen LogP contribution in [-0.2, 0) is 4.74 Å². The van der Waals surface area contributed by atoms with Crippen LogP contribution in [0.1, 0.15) is 32.6 Å². The van der Waals surface area contributed by atoms with Gasteiger partial charge in [0.1, 0.15) is 0 Å². The molecule has 120 valence electrons. The molecule has 1 saturated heterocycles. The minimum absolute atomic E-state index is 0.178. The van der Waals surface area contributed by atoms with E-state index in [0.717, 1.165) is 0 Å². The van der Waals surface area contributed by atoms with Crippen LogP contribution in [0.2, 0.25) is 0 Å². The molecular formula is C10H13F8NO. The first-order valence-electron chi connectivity index (χ1n) is 5.89. The van der Waals surface area contributed by atoms with E-state index in [0.29, 0.717) is 12.8 Å². The van der Waals surface area contributed by atoms with Gasteiger partial charge in [0.25, 0.3) is 0 Å². The zero-order valence-corrected chi connectivity index (χ0v) is 10.4. The maximum Gasteiger partial charge on any atom is 0.439 e. The lowest BCUT2D eigenvalue weighted by Crippen LogP contribution is -2.73. The van der Waals surface area contributed by atoms with Gasteiger partial charge in [-0.3, -0.25) is 0 Å². The highest BCUT2D eigenvalue weighted by atomic mass is 19.4. The zero-order chi connectivity index (χ0) is 15.8. The summed E-state index contributed by atoms with van der Waals surface area (Å²) in [6, 6.07) is -11.0. The summed E-state index contributed by atoms with van der Waals surface area (Å²) in [5.41, 5.74) is 0. The Bertz CT molecular complexity index is 320. The molecule has 10 heteroatoms. The molecule has 0 unspecified atom stereocenters. The first kappa shape index (κ1) is 17.4. The van der Waals surface area contributed by atoms with Crippen LogP contribution in [0, 0.1) is 0 Å². The van der Waals surface area contributed by atoms with Gasteiger partial charge in [-0.15, -0.1) is 0 Å². The second kappa shape index (κ2) is 5.28. The Labute approximate surface area is 109 Å². The molecule has 0 saturated carbocycles. The van der Waals surface area contributed by atoms with Crippen LogP contribution in [0.4, 0.5) is 35.1 Å². The summed E-state index contributed by atoms with van der Waals surface area (Å²) in [6.07, 6.45) is -10.5. The molecule has 0 aromatic rings. The maximum atomic E-state index is 13.2. The van der Waals surface area contributed by atoms with Crippen LogP contribution in [-0.4, -0.2) is 35.8 Å². The number of unbranched alkanes of at least 4 members (excludes halogenated alkanes) is 3. The van der Waals surface area contributed by atoms with Crippen LogP contribution in [0.5, 0.6) is 0 Å². The van der Waals surface area contributed by atoms with Gasteiger partial charge in [-0.1, -0.05) is 26.2 Å². The van der Waals surface area contributed by atoms with Crippen molar-refractivity contribution in [1.29, 1.82) is 0 Å². The molecule has 0 aliphatic carbocycles.